The average Bonchev–Trinajstić information content (AvgIpc) is 3.11. The molecule has 4 aromatic rings. The van der Waals surface area contributed by atoms with Crippen molar-refractivity contribution in [3.05, 3.63) is 64.5 Å². The minimum atomic E-state index is 0.493. The van der Waals surface area contributed by atoms with Crippen molar-refractivity contribution >= 4 is 22.8 Å². The van der Waals surface area contributed by atoms with Gasteiger partial charge in [-0.2, -0.15) is 14.6 Å². The molecule has 0 saturated heterocycles. The number of anilines is 1. The lowest BCUT2D eigenvalue weighted by Crippen LogP contribution is -2.08. The second kappa shape index (κ2) is 7.20. The minimum absolute atomic E-state index is 0.493. The second-order valence-electron chi connectivity index (χ2n) is 6.95. The highest BCUT2D eigenvalue weighted by Crippen LogP contribution is 2.46. The fourth-order valence-electron chi connectivity index (χ4n) is 3.34. The van der Waals surface area contributed by atoms with Gasteiger partial charge >= 0.3 is 0 Å². The van der Waals surface area contributed by atoms with E-state index in [-0.39, 0.29) is 0 Å². The zero-order valence-corrected chi connectivity index (χ0v) is 16.3. The number of nitrogens with zero attached hydrogens (tertiary/aromatic N) is 5. The van der Waals surface area contributed by atoms with Gasteiger partial charge in [0.25, 0.3) is 0 Å². The summed E-state index contributed by atoms with van der Waals surface area (Å²) in [7, 11) is 0. The number of thiazole rings is 1. The van der Waals surface area contributed by atoms with E-state index < -0.39 is 0 Å². The number of aryl methyl sites for hydroxylation is 1. The first kappa shape index (κ1) is 17.1. The zero-order valence-electron chi connectivity index (χ0n) is 15.4. The lowest BCUT2D eigenvalue weighted by molar-refractivity contribution is 0.286. The van der Waals surface area contributed by atoms with Crippen LogP contribution in [0.4, 0.5) is 5.82 Å². The number of rotatable bonds is 7. The molecule has 4 heterocycles. The van der Waals surface area contributed by atoms with Crippen LogP contribution in [0.25, 0.3) is 5.65 Å². The molecular weight excluding hydrogens is 372 g/mol. The van der Waals surface area contributed by atoms with Crippen molar-refractivity contribution in [1.29, 1.82) is 0 Å². The molecule has 28 heavy (non-hydrogen) atoms. The van der Waals surface area contributed by atoms with Gasteiger partial charge in [0.1, 0.15) is 5.82 Å². The van der Waals surface area contributed by atoms with Crippen LogP contribution in [0.5, 0.6) is 5.88 Å². The summed E-state index contributed by atoms with van der Waals surface area (Å²) in [6.07, 6.45) is 6.61. The summed E-state index contributed by atoms with van der Waals surface area (Å²) < 4.78 is 7.81. The summed E-state index contributed by atoms with van der Waals surface area (Å²) in [5.74, 6) is 2.46. The van der Waals surface area contributed by atoms with Crippen molar-refractivity contribution in [3.63, 3.8) is 0 Å². The summed E-state index contributed by atoms with van der Waals surface area (Å²) in [5, 5.41) is 8.84. The quantitative estimate of drug-likeness (QED) is 0.517. The maximum atomic E-state index is 6.03. The average molecular weight is 392 g/mol. The van der Waals surface area contributed by atoms with Gasteiger partial charge in [-0.15, -0.1) is 11.3 Å². The molecule has 5 rings (SSSR count). The number of aromatic nitrogens is 5. The lowest BCUT2D eigenvalue weighted by atomic mass is 10.2. The van der Waals surface area contributed by atoms with Crippen LogP contribution >= 0.6 is 11.3 Å². The number of pyridine rings is 1. The molecule has 4 aromatic heterocycles. The van der Waals surface area contributed by atoms with E-state index in [0.717, 1.165) is 28.6 Å². The van der Waals surface area contributed by atoms with Crippen LogP contribution in [0.1, 0.15) is 27.9 Å². The van der Waals surface area contributed by atoms with Crippen LogP contribution in [-0.2, 0) is 6.54 Å². The highest BCUT2D eigenvalue weighted by molar-refractivity contribution is 7.11. The smallest absolute Gasteiger partial charge is 0.219 e. The Kier molecular flexibility index (Phi) is 4.40. The van der Waals surface area contributed by atoms with Crippen molar-refractivity contribution < 1.29 is 4.74 Å². The summed E-state index contributed by atoms with van der Waals surface area (Å²) in [6.45, 7) is 3.34. The number of fused-ring (bicyclic) bond motifs is 1. The van der Waals surface area contributed by atoms with Crippen LogP contribution in [0.3, 0.4) is 0 Å². The van der Waals surface area contributed by atoms with E-state index in [4.69, 9.17) is 4.74 Å². The Hall–Kier alpha value is -3.00. The largest absolute Gasteiger partial charge is 0.477 e. The highest BCUT2D eigenvalue weighted by atomic mass is 32.1. The molecule has 0 unspecified atom stereocenters. The Morgan fingerprint density at radius 1 is 1.25 bits per heavy atom. The summed E-state index contributed by atoms with van der Waals surface area (Å²) in [4.78, 5) is 14.5. The van der Waals surface area contributed by atoms with E-state index in [1.165, 1.54) is 4.88 Å². The molecule has 8 heteroatoms. The molecule has 0 radical (unpaired) electrons. The Morgan fingerprint density at radius 3 is 3.04 bits per heavy atom. The van der Waals surface area contributed by atoms with Crippen molar-refractivity contribution in [2.45, 2.75) is 25.8 Å². The van der Waals surface area contributed by atoms with Gasteiger partial charge in [-0.3, -0.25) is 4.98 Å². The normalized spacial score (nSPS) is 18.3. The van der Waals surface area contributed by atoms with Crippen molar-refractivity contribution in [3.8, 4) is 5.88 Å². The van der Waals surface area contributed by atoms with Gasteiger partial charge in [-0.1, -0.05) is 6.07 Å². The molecule has 0 amide bonds. The van der Waals surface area contributed by atoms with E-state index in [9.17, 15) is 0 Å². The molecule has 142 valence electrons. The van der Waals surface area contributed by atoms with Crippen LogP contribution in [-0.4, -0.2) is 31.2 Å². The topological polar surface area (TPSA) is 77.2 Å². The fraction of sp³-hybridized carbons (Fsp3) is 0.300. The molecule has 1 saturated carbocycles. The fourth-order valence-corrected chi connectivity index (χ4v) is 4.07. The van der Waals surface area contributed by atoms with Crippen molar-refractivity contribution in [2.75, 3.05) is 11.9 Å². The van der Waals surface area contributed by atoms with E-state index in [0.29, 0.717) is 30.9 Å². The van der Waals surface area contributed by atoms with Gasteiger partial charge in [-0.05, 0) is 25.5 Å². The highest BCUT2D eigenvalue weighted by Gasteiger charge is 2.39. The first-order chi connectivity index (χ1) is 13.8. The van der Waals surface area contributed by atoms with Crippen LogP contribution in [0.15, 0.2) is 48.9 Å². The zero-order chi connectivity index (χ0) is 18.9. The van der Waals surface area contributed by atoms with E-state index in [1.54, 1.807) is 22.0 Å². The van der Waals surface area contributed by atoms with Gasteiger partial charge in [0.2, 0.25) is 5.88 Å². The van der Waals surface area contributed by atoms with Gasteiger partial charge in [-0.25, -0.2) is 4.98 Å². The molecule has 1 N–H and O–H groups in total. The van der Waals surface area contributed by atoms with Gasteiger partial charge < -0.3 is 10.1 Å². The predicted molar refractivity (Wildman–Crippen MR) is 108 cm³/mol. The SMILES string of the molecule is Cc1ncc(CNc2cc(OC[C@H]3C[C@@H]3c3ccccn3)nc3ccnn23)s1. The lowest BCUT2D eigenvalue weighted by Gasteiger charge is -2.10. The molecule has 0 aliphatic heterocycles. The Balaban J connectivity index is 1.27. The van der Waals surface area contributed by atoms with Crippen molar-refractivity contribution in [1.82, 2.24) is 24.6 Å². The van der Waals surface area contributed by atoms with Crippen LogP contribution in [0, 0.1) is 12.8 Å². The molecular formula is C20H20N6OS. The standard InChI is InChI=1S/C20H20N6OS/c1-13-22-10-15(28-13)11-23-19-9-20(25-18-5-7-24-26(18)19)27-12-14-8-16(14)17-4-2-3-6-21-17/h2-7,9-10,14,16,23H,8,11-12H2,1H3/t14-,16+/m1/s1. The Bertz CT molecular complexity index is 1090. The van der Waals surface area contributed by atoms with E-state index in [2.05, 4.69) is 31.4 Å². The van der Waals surface area contributed by atoms with Crippen LogP contribution < -0.4 is 10.1 Å². The molecule has 0 spiro atoms. The van der Waals surface area contributed by atoms with Gasteiger partial charge in [0.15, 0.2) is 5.65 Å². The third-order valence-corrected chi connectivity index (χ3v) is 5.80. The third kappa shape index (κ3) is 3.55. The molecule has 2 atom stereocenters. The first-order valence-corrected chi connectivity index (χ1v) is 10.1. The predicted octanol–water partition coefficient (Wildman–Crippen LogP) is 3.68. The van der Waals surface area contributed by atoms with E-state index >= 15 is 0 Å². The summed E-state index contributed by atoms with van der Waals surface area (Å²) in [6, 6.07) is 9.86. The molecule has 0 aromatic carbocycles. The molecule has 1 fully saturated rings. The number of hydrogen-bond acceptors (Lipinski definition) is 7. The maximum Gasteiger partial charge on any atom is 0.219 e. The monoisotopic (exact) mass is 392 g/mol. The molecule has 7 nitrogen and oxygen atoms in total. The second-order valence-corrected chi connectivity index (χ2v) is 8.27. The van der Waals surface area contributed by atoms with Gasteiger partial charge in [0.05, 0.1) is 24.4 Å². The third-order valence-electron chi connectivity index (χ3n) is 4.88. The first-order valence-electron chi connectivity index (χ1n) is 9.30. The summed E-state index contributed by atoms with van der Waals surface area (Å²) >= 11 is 1.68. The molecule has 1 aliphatic rings. The Labute approximate surface area is 166 Å². The van der Waals surface area contributed by atoms with Crippen molar-refractivity contribution in [2.24, 2.45) is 5.92 Å². The molecule has 0 bridgehead atoms. The van der Waals surface area contributed by atoms with Gasteiger partial charge in [0, 0.05) is 46.9 Å². The number of ether oxygens (including phenoxy) is 1. The summed E-state index contributed by atoms with van der Waals surface area (Å²) in [5.41, 5.74) is 1.91. The maximum absolute atomic E-state index is 6.03. The number of nitrogens with one attached hydrogen (secondary N) is 1. The Morgan fingerprint density at radius 2 is 2.21 bits per heavy atom. The minimum Gasteiger partial charge on any atom is -0.477 e. The number of hydrogen-bond donors (Lipinski definition) is 1. The van der Waals surface area contributed by atoms with Crippen LogP contribution in [0.2, 0.25) is 0 Å². The molecule has 1 aliphatic carbocycles. The van der Waals surface area contributed by atoms with E-state index in [1.807, 2.05) is 43.6 Å².